The molecule has 1 atom stereocenters. The van der Waals surface area contributed by atoms with Crippen molar-refractivity contribution in [3.63, 3.8) is 0 Å². The largest absolute Gasteiger partial charge is 0.345 e. The number of hydrogen-bond donors (Lipinski definition) is 1. The number of carbonyl (C=O) groups is 2. The zero-order chi connectivity index (χ0) is 16.0. The fraction of sp³-hybridized carbons (Fsp3) is 0.471. The third kappa shape index (κ3) is 2.12. The molecule has 120 valence electrons. The van der Waals surface area contributed by atoms with Gasteiger partial charge in [0.05, 0.1) is 5.56 Å². The summed E-state index contributed by atoms with van der Waals surface area (Å²) in [6, 6.07) is 1.55. The second-order valence-electron chi connectivity index (χ2n) is 6.29. The van der Waals surface area contributed by atoms with Gasteiger partial charge in [-0.05, 0) is 30.9 Å². The van der Waals surface area contributed by atoms with E-state index in [4.69, 9.17) is 0 Å². The lowest BCUT2D eigenvalue weighted by atomic mass is 10.00. The molecule has 1 fully saturated rings. The molecule has 0 bridgehead atoms. The monoisotopic (exact) mass is 312 g/mol. The molecule has 6 heteroatoms. The highest BCUT2D eigenvalue weighted by Gasteiger charge is 2.36. The van der Waals surface area contributed by atoms with Crippen LogP contribution in [0.15, 0.2) is 18.5 Å². The van der Waals surface area contributed by atoms with Crippen LogP contribution in [0, 0.1) is 0 Å². The minimum absolute atomic E-state index is 0.0730. The second-order valence-corrected chi connectivity index (χ2v) is 6.29. The number of rotatable bonds is 3. The number of amides is 2. The first-order valence-electron chi connectivity index (χ1n) is 8.25. The summed E-state index contributed by atoms with van der Waals surface area (Å²) >= 11 is 0. The van der Waals surface area contributed by atoms with Crippen molar-refractivity contribution in [2.24, 2.45) is 0 Å². The van der Waals surface area contributed by atoms with Crippen LogP contribution in [0.25, 0.3) is 11.0 Å². The molecule has 0 aromatic carbocycles. The van der Waals surface area contributed by atoms with E-state index >= 15 is 0 Å². The van der Waals surface area contributed by atoms with E-state index in [1.807, 2.05) is 17.9 Å². The molecule has 2 aliphatic heterocycles. The minimum atomic E-state index is -0.383. The van der Waals surface area contributed by atoms with Crippen LogP contribution >= 0.6 is 0 Å². The molecule has 4 rings (SSSR count). The molecular formula is C17H20N4O2. The number of hydrogen-bond acceptors (Lipinski definition) is 3. The maximum absolute atomic E-state index is 12.9. The molecular weight excluding hydrogens is 292 g/mol. The highest BCUT2D eigenvalue weighted by atomic mass is 16.2. The molecule has 0 radical (unpaired) electrons. The van der Waals surface area contributed by atoms with Gasteiger partial charge in [-0.2, -0.15) is 0 Å². The van der Waals surface area contributed by atoms with Gasteiger partial charge in [0.2, 0.25) is 5.91 Å². The summed E-state index contributed by atoms with van der Waals surface area (Å²) < 4.78 is 0. The summed E-state index contributed by atoms with van der Waals surface area (Å²) in [6.07, 6.45) is 6.21. The molecule has 2 aliphatic rings. The van der Waals surface area contributed by atoms with Gasteiger partial charge in [0.25, 0.3) is 5.91 Å². The predicted octanol–water partition coefficient (Wildman–Crippen LogP) is 1.92. The summed E-state index contributed by atoms with van der Waals surface area (Å²) in [4.78, 5) is 36.7. The van der Waals surface area contributed by atoms with Crippen molar-refractivity contribution in [1.82, 2.24) is 19.8 Å². The molecule has 4 heterocycles. The van der Waals surface area contributed by atoms with Crippen molar-refractivity contribution in [3.05, 3.63) is 29.6 Å². The Morgan fingerprint density at radius 2 is 2.17 bits per heavy atom. The van der Waals surface area contributed by atoms with Crippen molar-refractivity contribution in [2.75, 3.05) is 13.1 Å². The Kier molecular flexibility index (Phi) is 3.32. The fourth-order valence-electron chi connectivity index (χ4n) is 3.76. The quantitative estimate of drug-likeness (QED) is 0.941. The lowest BCUT2D eigenvalue weighted by Gasteiger charge is -2.35. The molecule has 2 aromatic heterocycles. The normalized spacial score (nSPS) is 18.7. The van der Waals surface area contributed by atoms with Gasteiger partial charge in [0, 0.05) is 37.4 Å². The molecule has 2 aromatic rings. The zero-order valence-electron chi connectivity index (χ0n) is 13.2. The number of nitrogens with one attached hydrogen (secondary N) is 1. The molecule has 0 aliphatic carbocycles. The molecule has 0 spiro atoms. The Hall–Kier alpha value is -2.37. The van der Waals surface area contributed by atoms with E-state index in [2.05, 4.69) is 9.97 Å². The van der Waals surface area contributed by atoms with Crippen molar-refractivity contribution < 1.29 is 9.59 Å². The summed E-state index contributed by atoms with van der Waals surface area (Å²) in [7, 11) is 0. The van der Waals surface area contributed by atoms with Crippen LogP contribution in [-0.2, 0) is 11.3 Å². The van der Waals surface area contributed by atoms with Gasteiger partial charge in [0.1, 0.15) is 11.7 Å². The van der Waals surface area contributed by atoms with E-state index in [0.717, 1.165) is 42.5 Å². The van der Waals surface area contributed by atoms with Crippen molar-refractivity contribution in [1.29, 1.82) is 0 Å². The van der Waals surface area contributed by atoms with E-state index in [9.17, 15) is 9.59 Å². The SMILES string of the molecule is CCC(C(=O)N1CCCC1)N1Cc2ccnc3[nH]cc(c23)C1=O. The third-order valence-electron chi connectivity index (χ3n) is 4.96. The van der Waals surface area contributed by atoms with Crippen molar-refractivity contribution >= 4 is 22.8 Å². The standard InChI is InChI=1S/C17H20N4O2/c1-2-13(17(23)20-7-3-4-8-20)21-10-11-5-6-18-15-14(11)12(9-19-15)16(21)22/h5-6,9,13H,2-4,7-8,10H2,1H3,(H,18,19). The molecule has 1 N–H and O–H groups in total. The maximum Gasteiger partial charge on any atom is 0.257 e. The molecule has 0 saturated carbocycles. The summed E-state index contributed by atoms with van der Waals surface area (Å²) in [5, 5.41) is 0.900. The minimum Gasteiger partial charge on any atom is -0.345 e. The average Bonchev–Trinajstić information content (AvgIpc) is 3.23. The molecule has 1 saturated heterocycles. The van der Waals surface area contributed by atoms with Crippen molar-refractivity contribution in [3.8, 4) is 0 Å². The van der Waals surface area contributed by atoms with Crippen LogP contribution in [0.4, 0.5) is 0 Å². The first-order valence-corrected chi connectivity index (χ1v) is 8.25. The topological polar surface area (TPSA) is 69.3 Å². The number of nitrogens with zero attached hydrogens (tertiary/aromatic N) is 3. The first-order chi connectivity index (χ1) is 11.2. The van der Waals surface area contributed by atoms with E-state index < -0.39 is 0 Å². The first kappa shape index (κ1) is 14.2. The maximum atomic E-state index is 12.9. The Labute approximate surface area is 134 Å². The van der Waals surface area contributed by atoms with Gasteiger partial charge >= 0.3 is 0 Å². The smallest absolute Gasteiger partial charge is 0.257 e. The highest BCUT2D eigenvalue weighted by molar-refractivity contribution is 6.10. The average molecular weight is 312 g/mol. The number of likely N-dealkylation sites (tertiary alicyclic amines) is 1. The molecule has 2 amide bonds. The van der Waals surface area contributed by atoms with E-state index in [1.54, 1.807) is 17.3 Å². The lowest BCUT2D eigenvalue weighted by Crippen LogP contribution is -2.50. The Balaban J connectivity index is 1.69. The zero-order valence-corrected chi connectivity index (χ0v) is 13.2. The van der Waals surface area contributed by atoms with E-state index in [1.165, 1.54) is 0 Å². The van der Waals surface area contributed by atoms with Crippen molar-refractivity contribution in [2.45, 2.75) is 38.8 Å². The number of aromatic nitrogens is 2. The Morgan fingerprint density at radius 3 is 2.91 bits per heavy atom. The number of aromatic amines is 1. The van der Waals surface area contributed by atoms with Crippen LogP contribution in [0.3, 0.4) is 0 Å². The van der Waals surface area contributed by atoms with Crippen LogP contribution in [0.5, 0.6) is 0 Å². The van der Waals surface area contributed by atoms with E-state index in [-0.39, 0.29) is 17.9 Å². The van der Waals surface area contributed by atoms with Gasteiger partial charge in [-0.3, -0.25) is 9.59 Å². The molecule has 23 heavy (non-hydrogen) atoms. The van der Waals surface area contributed by atoms with Crippen LogP contribution in [0.1, 0.15) is 42.1 Å². The Bertz CT molecular complexity index is 776. The number of pyridine rings is 1. The second kappa shape index (κ2) is 5.37. The number of carbonyl (C=O) groups excluding carboxylic acids is 2. The van der Waals surface area contributed by atoms with Gasteiger partial charge < -0.3 is 14.8 Å². The molecule has 6 nitrogen and oxygen atoms in total. The third-order valence-corrected chi connectivity index (χ3v) is 4.96. The summed E-state index contributed by atoms with van der Waals surface area (Å²) in [6.45, 7) is 4.07. The fourth-order valence-corrected chi connectivity index (χ4v) is 3.76. The van der Waals surface area contributed by atoms with Gasteiger partial charge in [-0.15, -0.1) is 0 Å². The lowest BCUT2D eigenvalue weighted by molar-refractivity contribution is -0.135. The molecule has 1 unspecified atom stereocenters. The van der Waals surface area contributed by atoms with Crippen LogP contribution in [-0.4, -0.2) is 50.7 Å². The van der Waals surface area contributed by atoms with Gasteiger partial charge in [-0.25, -0.2) is 4.98 Å². The number of H-pyrrole nitrogens is 1. The predicted molar refractivity (Wildman–Crippen MR) is 85.9 cm³/mol. The Morgan fingerprint density at radius 1 is 1.39 bits per heavy atom. The van der Waals surface area contributed by atoms with E-state index in [0.29, 0.717) is 18.5 Å². The summed E-state index contributed by atoms with van der Waals surface area (Å²) in [5.41, 5.74) is 2.42. The summed E-state index contributed by atoms with van der Waals surface area (Å²) in [5.74, 6) is 0.0128. The van der Waals surface area contributed by atoms with Crippen LogP contribution < -0.4 is 0 Å². The van der Waals surface area contributed by atoms with Crippen LogP contribution in [0.2, 0.25) is 0 Å². The highest BCUT2D eigenvalue weighted by Crippen LogP contribution is 2.30. The van der Waals surface area contributed by atoms with Gasteiger partial charge in [0.15, 0.2) is 0 Å². The van der Waals surface area contributed by atoms with Gasteiger partial charge in [-0.1, -0.05) is 6.92 Å².